The number of nitrogens with one attached hydrogen (secondary N) is 1. The second kappa shape index (κ2) is 10.8. The second-order valence-electron chi connectivity index (χ2n) is 7.92. The van der Waals surface area contributed by atoms with Gasteiger partial charge in [-0.25, -0.2) is 0 Å². The third-order valence-electron chi connectivity index (χ3n) is 6.08. The third kappa shape index (κ3) is 5.58. The SMILES string of the molecule is CN=C(NCC1CN2CCCC2CO1)N1CCN(Cc2ccccc2)CC1.I. The minimum absolute atomic E-state index is 0. The third-order valence-corrected chi connectivity index (χ3v) is 6.08. The van der Waals surface area contributed by atoms with Gasteiger partial charge >= 0.3 is 0 Å². The van der Waals surface area contributed by atoms with Crippen molar-refractivity contribution in [3.05, 3.63) is 35.9 Å². The van der Waals surface area contributed by atoms with E-state index in [0.717, 1.165) is 58.4 Å². The lowest BCUT2D eigenvalue weighted by Gasteiger charge is -2.38. The van der Waals surface area contributed by atoms with Crippen molar-refractivity contribution in [3.8, 4) is 0 Å². The maximum atomic E-state index is 6.07. The molecule has 2 unspecified atom stereocenters. The van der Waals surface area contributed by atoms with Gasteiger partial charge in [-0.05, 0) is 24.9 Å². The van der Waals surface area contributed by atoms with Gasteiger partial charge < -0.3 is 15.0 Å². The van der Waals surface area contributed by atoms with Crippen molar-refractivity contribution >= 4 is 29.9 Å². The smallest absolute Gasteiger partial charge is 0.193 e. The highest BCUT2D eigenvalue weighted by atomic mass is 127. The highest BCUT2D eigenvalue weighted by molar-refractivity contribution is 14.0. The summed E-state index contributed by atoms with van der Waals surface area (Å²) in [5, 5.41) is 3.56. The average Bonchev–Trinajstić information content (AvgIpc) is 3.18. The fourth-order valence-corrected chi connectivity index (χ4v) is 4.51. The lowest BCUT2D eigenvalue weighted by atomic mass is 10.2. The molecule has 0 aromatic heterocycles. The van der Waals surface area contributed by atoms with E-state index in [0.29, 0.717) is 6.04 Å². The summed E-state index contributed by atoms with van der Waals surface area (Å²) in [5.74, 6) is 1.02. The molecule has 0 aliphatic carbocycles. The van der Waals surface area contributed by atoms with Crippen LogP contribution in [0.15, 0.2) is 35.3 Å². The Morgan fingerprint density at radius 1 is 1.14 bits per heavy atom. The number of piperazine rings is 1. The molecule has 7 heteroatoms. The van der Waals surface area contributed by atoms with E-state index in [4.69, 9.17) is 4.74 Å². The zero-order valence-corrected chi connectivity index (χ0v) is 19.3. The number of hydrogen-bond donors (Lipinski definition) is 1. The Balaban J connectivity index is 0.00000225. The molecule has 2 atom stereocenters. The summed E-state index contributed by atoms with van der Waals surface area (Å²) in [4.78, 5) is 12.0. The first-order valence-electron chi connectivity index (χ1n) is 10.4. The Labute approximate surface area is 186 Å². The van der Waals surface area contributed by atoms with Gasteiger partial charge in [0.25, 0.3) is 0 Å². The van der Waals surface area contributed by atoms with Crippen LogP contribution in [0.5, 0.6) is 0 Å². The Morgan fingerprint density at radius 3 is 2.68 bits per heavy atom. The van der Waals surface area contributed by atoms with Crippen LogP contribution in [0, 0.1) is 0 Å². The summed E-state index contributed by atoms with van der Waals surface area (Å²) >= 11 is 0. The first kappa shape index (κ1) is 21.8. The molecule has 0 bridgehead atoms. The van der Waals surface area contributed by atoms with Crippen molar-refractivity contribution in [1.29, 1.82) is 0 Å². The number of hydrogen-bond acceptors (Lipinski definition) is 4. The van der Waals surface area contributed by atoms with Crippen LogP contribution in [-0.4, -0.2) is 92.3 Å². The summed E-state index contributed by atoms with van der Waals surface area (Å²) in [7, 11) is 1.89. The lowest BCUT2D eigenvalue weighted by Crippen LogP contribution is -2.55. The Morgan fingerprint density at radius 2 is 1.93 bits per heavy atom. The first-order valence-corrected chi connectivity index (χ1v) is 10.4. The van der Waals surface area contributed by atoms with Crippen LogP contribution in [0.25, 0.3) is 0 Å². The molecule has 4 rings (SSSR count). The second-order valence-corrected chi connectivity index (χ2v) is 7.92. The fourth-order valence-electron chi connectivity index (χ4n) is 4.51. The van der Waals surface area contributed by atoms with Crippen LogP contribution < -0.4 is 5.32 Å². The molecular formula is C21H34IN5O. The maximum Gasteiger partial charge on any atom is 0.193 e. The monoisotopic (exact) mass is 499 g/mol. The van der Waals surface area contributed by atoms with Gasteiger partial charge in [0.15, 0.2) is 5.96 Å². The minimum atomic E-state index is 0. The van der Waals surface area contributed by atoms with Gasteiger partial charge in [-0.2, -0.15) is 0 Å². The standard InChI is InChI=1S/C21H33N5O.HI/c1-22-21(23-14-20-16-26-9-5-8-19(26)17-27-20)25-12-10-24(11-13-25)15-18-6-3-2-4-7-18;/h2-4,6-7,19-20H,5,8-17H2,1H3,(H,22,23);1H. The maximum absolute atomic E-state index is 6.07. The van der Waals surface area contributed by atoms with E-state index in [2.05, 4.69) is 55.3 Å². The van der Waals surface area contributed by atoms with Crippen molar-refractivity contribution in [2.75, 3.05) is 59.5 Å². The Hall–Kier alpha value is -0.900. The van der Waals surface area contributed by atoms with Crippen LogP contribution in [-0.2, 0) is 11.3 Å². The van der Waals surface area contributed by atoms with Crippen LogP contribution in [0.4, 0.5) is 0 Å². The summed E-state index contributed by atoms with van der Waals surface area (Å²) < 4.78 is 6.07. The van der Waals surface area contributed by atoms with E-state index in [1.165, 1.54) is 24.9 Å². The van der Waals surface area contributed by atoms with Gasteiger partial charge in [-0.15, -0.1) is 24.0 Å². The van der Waals surface area contributed by atoms with Crippen molar-refractivity contribution in [3.63, 3.8) is 0 Å². The number of morpholine rings is 1. The molecule has 3 fully saturated rings. The molecule has 0 spiro atoms. The van der Waals surface area contributed by atoms with Crippen molar-refractivity contribution in [1.82, 2.24) is 20.0 Å². The quantitative estimate of drug-likeness (QED) is 0.390. The molecule has 3 saturated heterocycles. The Bertz CT molecular complexity index is 620. The molecule has 156 valence electrons. The normalized spacial score (nSPS) is 26.6. The predicted octanol–water partition coefficient (Wildman–Crippen LogP) is 1.86. The van der Waals surface area contributed by atoms with Crippen LogP contribution in [0.3, 0.4) is 0 Å². The number of nitrogens with zero attached hydrogens (tertiary/aromatic N) is 4. The van der Waals surface area contributed by atoms with Gasteiger partial charge in [-0.1, -0.05) is 30.3 Å². The van der Waals surface area contributed by atoms with E-state index in [9.17, 15) is 0 Å². The minimum Gasteiger partial charge on any atom is -0.373 e. The molecule has 1 aromatic carbocycles. The first-order chi connectivity index (χ1) is 13.3. The summed E-state index contributed by atoms with van der Waals surface area (Å²) in [6.45, 7) is 9.26. The highest BCUT2D eigenvalue weighted by Crippen LogP contribution is 2.22. The van der Waals surface area contributed by atoms with Gasteiger partial charge in [-0.3, -0.25) is 14.8 Å². The van der Waals surface area contributed by atoms with E-state index in [-0.39, 0.29) is 30.1 Å². The summed E-state index contributed by atoms with van der Waals surface area (Å²) in [5.41, 5.74) is 1.39. The van der Waals surface area contributed by atoms with E-state index in [1.807, 2.05) is 7.05 Å². The molecule has 0 amide bonds. The lowest BCUT2D eigenvalue weighted by molar-refractivity contribution is -0.0455. The number of aliphatic imine (C=N–C) groups is 1. The van der Waals surface area contributed by atoms with Gasteiger partial charge in [0.05, 0.1) is 12.7 Å². The number of rotatable bonds is 4. The predicted molar refractivity (Wildman–Crippen MR) is 124 cm³/mol. The van der Waals surface area contributed by atoms with Crippen molar-refractivity contribution < 1.29 is 4.74 Å². The van der Waals surface area contributed by atoms with E-state index in [1.54, 1.807) is 0 Å². The Kier molecular flexibility index (Phi) is 8.37. The molecule has 0 radical (unpaired) electrons. The van der Waals surface area contributed by atoms with Gasteiger partial charge in [0.1, 0.15) is 0 Å². The molecule has 1 aromatic rings. The number of halogens is 1. The average molecular weight is 499 g/mol. The largest absolute Gasteiger partial charge is 0.373 e. The molecule has 6 nitrogen and oxygen atoms in total. The number of fused-ring (bicyclic) bond motifs is 1. The molecule has 0 saturated carbocycles. The van der Waals surface area contributed by atoms with Crippen LogP contribution in [0.1, 0.15) is 18.4 Å². The molecule has 3 heterocycles. The topological polar surface area (TPSA) is 43.3 Å². The molecule has 1 N–H and O–H groups in total. The molecule has 3 aliphatic heterocycles. The zero-order valence-electron chi connectivity index (χ0n) is 16.9. The summed E-state index contributed by atoms with van der Waals surface area (Å²) in [6, 6.07) is 11.4. The number of ether oxygens (including phenoxy) is 1. The van der Waals surface area contributed by atoms with Crippen LogP contribution >= 0.6 is 24.0 Å². The summed E-state index contributed by atoms with van der Waals surface area (Å²) in [6.07, 6.45) is 2.90. The zero-order chi connectivity index (χ0) is 18.5. The highest BCUT2D eigenvalue weighted by Gasteiger charge is 2.32. The van der Waals surface area contributed by atoms with Crippen LogP contribution in [0.2, 0.25) is 0 Å². The van der Waals surface area contributed by atoms with E-state index < -0.39 is 0 Å². The van der Waals surface area contributed by atoms with Crippen molar-refractivity contribution in [2.24, 2.45) is 4.99 Å². The number of guanidine groups is 1. The fraction of sp³-hybridized carbons (Fsp3) is 0.667. The molecular weight excluding hydrogens is 465 g/mol. The molecule has 28 heavy (non-hydrogen) atoms. The van der Waals surface area contributed by atoms with Gasteiger partial charge in [0, 0.05) is 58.9 Å². The van der Waals surface area contributed by atoms with Crippen molar-refractivity contribution in [2.45, 2.75) is 31.5 Å². The van der Waals surface area contributed by atoms with E-state index >= 15 is 0 Å². The van der Waals surface area contributed by atoms with Gasteiger partial charge in [0.2, 0.25) is 0 Å². The number of benzene rings is 1. The molecule has 3 aliphatic rings.